The molecule has 3 rings (SSSR count). The van der Waals surface area contributed by atoms with Gasteiger partial charge >= 0.3 is 0 Å². The van der Waals surface area contributed by atoms with Gasteiger partial charge in [-0.05, 0) is 18.6 Å². The van der Waals surface area contributed by atoms with E-state index in [1.807, 2.05) is 29.2 Å². The second-order valence-corrected chi connectivity index (χ2v) is 4.75. The van der Waals surface area contributed by atoms with Gasteiger partial charge in [0, 0.05) is 23.6 Å². The Morgan fingerprint density at radius 3 is 2.81 bits per heavy atom. The summed E-state index contributed by atoms with van der Waals surface area (Å²) in [5, 5.41) is 11.4. The standard InChI is InChI=1S/C12H13ClN2O/c13-10-5-3-9(4-6-10)12(16)8-14-11-2-1-7-15(11)12/h3-6,16H,1-2,7-8H2/t12-/m0/s1. The van der Waals surface area contributed by atoms with Gasteiger partial charge in [-0.2, -0.15) is 0 Å². The molecule has 16 heavy (non-hydrogen) atoms. The highest BCUT2D eigenvalue weighted by Gasteiger charge is 2.44. The second-order valence-electron chi connectivity index (χ2n) is 4.31. The lowest BCUT2D eigenvalue weighted by Crippen LogP contribution is -2.44. The molecule has 0 saturated carbocycles. The number of hydrogen-bond acceptors (Lipinski definition) is 3. The zero-order valence-corrected chi connectivity index (χ0v) is 9.61. The van der Waals surface area contributed by atoms with Crippen LogP contribution in [0.2, 0.25) is 5.02 Å². The fourth-order valence-electron chi connectivity index (χ4n) is 2.47. The molecule has 0 amide bonds. The van der Waals surface area contributed by atoms with Gasteiger partial charge in [0.15, 0.2) is 5.72 Å². The van der Waals surface area contributed by atoms with E-state index >= 15 is 0 Å². The van der Waals surface area contributed by atoms with Crippen LogP contribution in [0.15, 0.2) is 29.3 Å². The van der Waals surface area contributed by atoms with Gasteiger partial charge in [0.25, 0.3) is 0 Å². The summed E-state index contributed by atoms with van der Waals surface area (Å²) >= 11 is 5.85. The lowest BCUT2D eigenvalue weighted by atomic mass is 10.0. The molecular weight excluding hydrogens is 224 g/mol. The molecule has 2 heterocycles. The van der Waals surface area contributed by atoms with E-state index in [-0.39, 0.29) is 0 Å². The van der Waals surface area contributed by atoms with Crippen molar-refractivity contribution in [3.05, 3.63) is 34.9 Å². The van der Waals surface area contributed by atoms with Crippen molar-refractivity contribution in [3.8, 4) is 0 Å². The molecule has 1 fully saturated rings. The molecule has 0 spiro atoms. The van der Waals surface area contributed by atoms with Crippen LogP contribution in [0.5, 0.6) is 0 Å². The molecule has 1 saturated heterocycles. The molecule has 4 heteroatoms. The molecule has 84 valence electrons. The third kappa shape index (κ3) is 1.35. The van der Waals surface area contributed by atoms with E-state index in [4.69, 9.17) is 11.6 Å². The van der Waals surface area contributed by atoms with Gasteiger partial charge in [-0.15, -0.1) is 0 Å². The molecule has 0 bridgehead atoms. The molecule has 3 nitrogen and oxygen atoms in total. The summed E-state index contributed by atoms with van der Waals surface area (Å²) < 4.78 is 0. The number of hydrogen-bond donors (Lipinski definition) is 1. The first kappa shape index (κ1) is 10.1. The number of aliphatic hydroxyl groups is 1. The Bertz CT molecular complexity index is 443. The molecule has 0 unspecified atom stereocenters. The average molecular weight is 237 g/mol. The highest BCUT2D eigenvalue weighted by molar-refractivity contribution is 6.30. The third-order valence-corrected chi connectivity index (χ3v) is 3.58. The van der Waals surface area contributed by atoms with Crippen molar-refractivity contribution in [1.29, 1.82) is 0 Å². The SMILES string of the molecule is O[C@]1(c2ccc(Cl)cc2)CN=C2CCCN21. The molecule has 0 aromatic heterocycles. The van der Waals surface area contributed by atoms with Crippen LogP contribution in [0.1, 0.15) is 18.4 Å². The Kier molecular flexibility index (Phi) is 2.19. The number of amidine groups is 1. The van der Waals surface area contributed by atoms with Crippen LogP contribution in [0.4, 0.5) is 0 Å². The number of aliphatic imine (C=N–C) groups is 1. The first-order chi connectivity index (χ1) is 7.70. The maximum Gasteiger partial charge on any atom is 0.185 e. The summed E-state index contributed by atoms with van der Waals surface area (Å²) in [7, 11) is 0. The van der Waals surface area contributed by atoms with Gasteiger partial charge in [0.1, 0.15) is 5.84 Å². The number of halogens is 1. The van der Waals surface area contributed by atoms with Crippen molar-refractivity contribution in [2.75, 3.05) is 13.1 Å². The zero-order valence-electron chi connectivity index (χ0n) is 8.86. The summed E-state index contributed by atoms with van der Waals surface area (Å²) in [4.78, 5) is 6.42. The minimum Gasteiger partial charge on any atom is -0.365 e. The number of rotatable bonds is 1. The molecule has 1 N–H and O–H groups in total. The van der Waals surface area contributed by atoms with E-state index in [0.717, 1.165) is 30.8 Å². The lowest BCUT2D eigenvalue weighted by Gasteiger charge is -2.32. The Hall–Kier alpha value is -1.06. The van der Waals surface area contributed by atoms with Crippen LogP contribution < -0.4 is 0 Å². The van der Waals surface area contributed by atoms with E-state index in [1.54, 1.807) is 0 Å². The van der Waals surface area contributed by atoms with Crippen molar-refractivity contribution >= 4 is 17.4 Å². The van der Waals surface area contributed by atoms with E-state index in [9.17, 15) is 5.11 Å². The van der Waals surface area contributed by atoms with Gasteiger partial charge in [0.05, 0.1) is 6.54 Å². The van der Waals surface area contributed by atoms with Crippen LogP contribution in [-0.4, -0.2) is 28.9 Å². The Morgan fingerprint density at radius 1 is 1.31 bits per heavy atom. The third-order valence-electron chi connectivity index (χ3n) is 3.33. The van der Waals surface area contributed by atoms with Gasteiger partial charge < -0.3 is 10.0 Å². The second kappa shape index (κ2) is 3.47. The summed E-state index contributed by atoms with van der Waals surface area (Å²) in [6, 6.07) is 7.37. The van der Waals surface area contributed by atoms with Crippen LogP contribution in [-0.2, 0) is 5.72 Å². The molecule has 1 aromatic rings. The highest BCUT2D eigenvalue weighted by atomic mass is 35.5. The largest absolute Gasteiger partial charge is 0.365 e. The summed E-state index contributed by atoms with van der Waals surface area (Å²) in [6.45, 7) is 1.32. The fourth-order valence-corrected chi connectivity index (χ4v) is 2.60. The smallest absolute Gasteiger partial charge is 0.185 e. The normalized spacial score (nSPS) is 28.1. The summed E-state index contributed by atoms with van der Waals surface area (Å²) in [5.41, 5.74) is -0.0753. The van der Waals surface area contributed by atoms with Gasteiger partial charge in [-0.1, -0.05) is 23.7 Å². The maximum atomic E-state index is 10.7. The lowest BCUT2D eigenvalue weighted by molar-refractivity contribution is -0.0511. The molecule has 1 atom stereocenters. The van der Waals surface area contributed by atoms with E-state index < -0.39 is 5.72 Å². The van der Waals surface area contributed by atoms with E-state index in [1.165, 1.54) is 0 Å². The van der Waals surface area contributed by atoms with Gasteiger partial charge in [-0.3, -0.25) is 4.99 Å². The van der Waals surface area contributed by atoms with Gasteiger partial charge in [-0.25, -0.2) is 0 Å². The number of nitrogens with zero attached hydrogens (tertiary/aromatic N) is 2. The fraction of sp³-hybridized carbons (Fsp3) is 0.417. The predicted molar refractivity (Wildman–Crippen MR) is 63.6 cm³/mol. The van der Waals surface area contributed by atoms with Gasteiger partial charge in [0.2, 0.25) is 0 Å². The van der Waals surface area contributed by atoms with Crippen LogP contribution >= 0.6 is 11.6 Å². The quantitative estimate of drug-likeness (QED) is 0.810. The monoisotopic (exact) mass is 236 g/mol. The van der Waals surface area contributed by atoms with Crippen molar-refractivity contribution in [1.82, 2.24) is 4.90 Å². The molecule has 2 aliphatic heterocycles. The minimum atomic E-state index is -0.948. The Labute approximate surface area is 99.4 Å². The number of fused-ring (bicyclic) bond motifs is 1. The molecule has 1 aromatic carbocycles. The predicted octanol–water partition coefficient (Wildman–Crippen LogP) is 1.99. The molecule has 0 aliphatic carbocycles. The van der Waals surface area contributed by atoms with Crippen molar-refractivity contribution in [2.24, 2.45) is 4.99 Å². The van der Waals surface area contributed by atoms with Crippen molar-refractivity contribution in [2.45, 2.75) is 18.6 Å². The topological polar surface area (TPSA) is 35.8 Å². The maximum absolute atomic E-state index is 10.7. The first-order valence-corrected chi connectivity index (χ1v) is 5.87. The van der Waals surface area contributed by atoms with Crippen LogP contribution in [0, 0.1) is 0 Å². The van der Waals surface area contributed by atoms with Crippen molar-refractivity contribution in [3.63, 3.8) is 0 Å². The average Bonchev–Trinajstić information content (AvgIpc) is 2.85. The van der Waals surface area contributed by atoms with Crippen LogP contribution in [0.3, 0.4) is 0 Å². The minimum absolute atomic E-state index is 0.434. The Balaban J connectivity index is 1.97. The molecule has 0 radical (unpaired) electrons. The summed E-state index contributed by atoms with van der Waals surface area (Å²) in [5.74, 6) is 1.04. The first-order valence-electron chi connectivity index (χ1n) is 5.49. The Morgan fingerprint density at radius 2 is 2.06 bits per heavy atom. The summed E-state index contributed by atoms with van der Waals surface area (Å²) in [6.07, 6.45) is 2.06. The van der Waals surface area contributed by atoms with E-state index in [0.29, 0.717) is 11.6 Å². The highest BCUT2D eigenvalue weighted by Crippen LogP contribution is 2.35. The molecular formula is C12H13ClN2O. The van der Waals surface area contributed by atoms with Crippen molar-refractivity contribution < 1.29 is 5.11 Å². The van der Waals surface area contributed by atoms with E-state index in [2.05, 4.69) is 4.99 Å². The molecule has 2 aliphatic rings. The van der Waals surface area contributed by atoms with Crippen LogP contribution in [0.25, 0.3) is 0 Å². The zero-order chi connectivity index (χ0) is 11.2. The number of benzene rings is 1.